The van der Waals surface area contributed by atoms with Crippen LogP contribution in [0.25, 0.3) is 5.57 Å². The zero-order valence-electron chi connectivity index (χ0n) is 16.3. The third-order valence-corrected chi connectivity index (χ3v) is 5.59. The van der Waals surface area contributed by atoms with E-state index >= 15 is 0 Å². The van der Waals surface area contributed by atoms with Crippen molar-refractivity contribution < 1.29 is 19.1 Å². The Morgan fingerprint density at radius 3 is 2.48 bits per heavy atom. The normalized spacial score (nSPS) is 20.0. The summed E-state index contributed by atoms with van der Waals surface area (Å²) in [5.74, 6) is -1.62. The zero-order valence-corrected chi connectivity index (χ0v) is 16.3. The van der Waals surface area contributed by atoms with Gasteiger partial charge < -0.3 is 10.0 Å². The number of para-hydroxylation sites is 1. The Kier molecular flexibility index (Phi) is 5.20. The Bertz CT molecular complexity index is 984. The molecule has 1 unspecified atom stereocenters. The highest BCUT2D eigenvalue weighted by Gasteiger charge is 2.44. The number of hydrogen-bond donors (Lipinski definition) is 1. The zero-order chi connectivity index (χ0) is 20.5. The van der Waals surface area contributed by atoms with Gasteiger partial charge in [0.1, 0.15) is 11.5 Å². The van der Waals surface area contributed by atoms with Crippen LogP contribution in [0, 0.1) is 18.7 Å². The van der Waals surface area contributed by atoms with Gasteiger partial charge in [-0.25, -0.2) is 9.29 Å². The predicted octanol–water partition coefficient (Wildman–Crippen LogP) is 3.12. The molecule has 1 fully saturated rings. The summed E-state index contributed by atoms with van der Waals surface area (Å²) in [5, 5.41) is 9.59. The summed E-state index contributed by atoms with van der Waals surface area (Å²) < 4.78 is 14.4. The molecule has 2 aliphatic rings. The van der Waals surface area contributed by atoms with Crippen LogP contribution in [0.4, 0.5) is 10.1 Å². The number of nitrogens with zero attached hydrogens (tertiary/aromatic N) is 2. The van der Waals surface area contributed by atoms with E-state index in [1.165, 1.54) is 18.2 Å². The fourth-order valence-electron chi connectivity index (χ4n) is 4.06. The van der Waals surface area contributed by atoms with Gasteiger partial charge in [0.2, 0.25) is 0 Å². The van der Waals surface area contributed by atoms with Crippen LogP contribution in [-0.4, -0.2) is 41.5 Å². The van der Waals surface area contributed by atoms with Crippen molar-refractivity contribution in [1.29, 1.82) is 0 Å². The van der Waals surface area contributed by atoms with Crippen molar-refractivity contribution in [3.05, 3.63) is 71.2 Å². The van der Waals surface area contributed by atoms with Gasteiger partial charge in [0.15, 0.2) is 0 Å². The molecular formula is C23H23FN2O3. The third-order valence-electron chi connectivity index (χ3n) is 5.59. The molecule has 0 spiro atoms. The van der Waals surface area contributed by atoms with Gasteiger partial charge in [-0.3, -0.25) is 9.59 Å². The number of likely N-dealkylation sites (tertiary alicyclic amines) is 1. The van der Waals surface area contributed by atoms with E-state index in [2.05, 4.69) is 0 Å². The smallest absolute Gasteiger partial charge is 0.282 e. The number of imide groups is 1. The van der Waals surface area contributed by atoms with E-state index in [0.29, 0.717) is 24.4 Å². The van der Waals surface area contributed by atoms with E-state index in [0.717, 1.165) is 23.3 Å². The molecule has 0 saturated carbocycles. The monoisotopic (exact) mass is 394 g/mol. The molecule has 1 atom stereocenters. The van der Waals surface area contributed by atoms with Crippen molar-refractivity contribution in [2.45, 2.75) is 19.8 Å². The number of carbonyl (C=O) groups is 2. The number of aliphatic hydroxyl groups excluding tert-OH is 1. The van der Waals surface area contributed by atoms with Gasteiger partial charge in [0.05, 0.1) is 11.3 Å². The second-order valence-corrected chi connectivity index (χ2v) is 7.62. The van der Waals surface area contributed by atoms with E-state index in [-0.39, 0.29) is 23.8 Å². The molecule has 4 rings (SSSR count). The van der Waals surface area contributed by atoms with Crippen molar-refractivity contribution in [2.24, 2.45) is 5.92 Å². The van der Waals surface area contributed by atoms with Gasteiger partial charge in [-0.15, -0.1) is 0 Å². The average Bonchev–Trinajstić information content (AvgIpc) is 2.99. The van der Waals surface area contributed by atoms with Gasteiger partial charge in [-0.2, -0.15) is 0 Å². The van der Waals surface area contributed by atoms with Crippen LogP contribution in [0.1, 0.15) is 24.0 Å². The van der Waals surface area contributed by atoms with Crippen LogP contribution in [0.15, 0.2) is 54.2 Å². The van der Waals surface area contributed by atoms with Crippen molar-refractivity contribution in [3.63, 3.8) is 0 Å². The maximum absolute atomic E-state index is 14.4. The summed E-state index contributed by atoms with van der Waals surface area (Å²) in [6.45, 7) is 3.09. The fourth-order valence-corrected chi connectivity index (χ4v) is 4.06. The Labute approximate surface area is 169 Å². The summed E-state index contributed by atoms with van der Waals surface area (Å²) in [6.07, 6.45) is 1.69. The van der Waals surface area contributed by atoms with Crippen LogP contribution in [0.3, 0.4) is 0 Å². The number of amides is 2. The second kappa shape index (κ2) is 7.79. The third kappa shape index (κ3) is 3.44. The number of anilines is 1. The number of carbonyl (C=O) groups excluding carboxylic acids is 2. The maximum Gasteiger partial charge on any atom is 0.282 e. The first-order valence-electron chi connectivity index (χ1n) is 9.81. The number of piperidine rings is 1. The quantitative estimate of drug-likeness (QED) is 0.810. The first-order valence-corrected chi connectivity index (χ1v) is 9.81. The summed E-state index contributed by atoms with van der Waals surface area (Å²) in [5.41, 5.74) is 2.21. The van der Waals surface area contributed by atoms with Crippen LogP contribution in [-0.2, 0) is 9.59 Å². The van der Waals surface area contributed by atoms with Gasteiger partial charge >= 0.3 is 0 Å². The lowest BCUT2D eigenvalue weighted by Crippen LogP contribution is -2.40. The number of aryl methyl sites for hydroxylation is 1. The minimum atomic E-state index is -0.620. The van der Waals surface area contributed by atoms with E-state index in [1.54, 1.807) is 6.07 Å². The lowest BCUT2D eigenvalue weighted by molar-refractivity contribution is -0.121. The SMILES string of the molecule is Cc1ccc(C2=C(N3CCCC(CO)C3)C(=O)N(c3ccccc3F)C2=O)cc1. The number of rotatable bonds is 4. The fraction of sp³-hybridized carbons (Fsp3) is 0.304. The number of hydrogen-bond acceptors (Lipinski definition) is 4. The Hall–Kier alpha value is -2.99. The maximum atomic E-state index is 14.4. The largest absolute Gasteiger partial charge is 0.396 e. The van der Waals surface area contributed by atoms with Crippen molar-refractivity contribution >= 4 is 23.1 Å². The molecule has 2 aliphatic heterocycles. The summed E-state index contributed by atoms with van der Waals surface area (Å²) >= 11 is 0. The highest BCUT2D eigenvalue weighted by molar-refractivity contribution is 6.45. The van der Waals surface area contributed by atoms with E-state index in [4.69, 9.17) is 0 Å². The predicted molar refractivity (Wildman–Crippen MR) is 108 cm³/mol. The van der Waals surface area contributed by atoms with Crippen LogP contribution in [0.2, 0.25) is 0 Å². The second-order valence-electron chi connectivity index (χ2n) is 7.62. The molecule has 29 heavy (non-hydrogen) atoms. The number of aliphatic hydroxyl groups is 1. The van der Waals surface area contributed by atoms with Crippen LogP contribution in [0.5, 0.6) is 0 Å². The molecule has 0 aliphatic carbocycles. The molecule has 2 aromatic rings. The number of halogens is 1. The molecule has 0 bridgehead atoms. The Balaban J connectivity index is 1.83. The minimum Gasteiger partial charge on any atom is -0.396 e. The van der Waals surface area contributed by atoms with Crippen molar-refractivity contribution in [1.82, 2.24) is 4.90 Å². The summed E-state index contributed by atoms with van der Waals surface area (Å²) in [4.78, 5) is 29.6. The van der Waals surface area contributed by atoms with Crippen LogP contribution >= 0.6 is 0 Å². The van der Waals surface area contributed by atoms with E-state index in [1.807, 2.05) is 36.1 Å². The Morgan fingerprint density at radius 2 is 1.79 bits per heavy atom. The van der Waals surface area contributed by atoms with Gasteiger partial charge in [0, 0.05) is 19.7 Å². The lowest BCUT2D eigenvalue weighted by Gasteiger charge is -2.34. The van der Waals surface area contributed by atoms with Crippen molar-refractivity contribution in [2.75, 3.05) is 24.6 Å². The molecule has 1 saturated heterocycles. The van der Waals surface area contributed by atoms with Crippen LogP contribution < -0.4 is 4.90 Å². The highest BCUT2D eigenvalue weighted by Crippen LogP contribution is 2.37. The highest BCUT2D eigenvalue weighted by atomic mass is 19.1. The topological polar surface area (TPSA) is 60.9 Å². The molecule has 5 nitrogen and oxygen atoms in total. The van der Waals surface area contributed by atoms with Gasteiger partial charge in [-0.1, -0.05) is 42.0 Å². The molecule has 2 heterocycles. The summed E-state index contributed by atoms with van der Waals surface area (Å²) in [6, 6.07) is 13.2. The summed E-state index contributed by atoms with van der Waals surface area (Å²) in [7, 11) is 0. The molecular weight excluding hydrogens is 371 g/mol. The van der Waals surface area contributed by atoms with Gasteiger partial charge in [0.25, 0.3) is 11.8 Å². The molecule has 2 amide bonds. The number of benzene rings is 2. The standard InChI is InChI=1S/C23H23FN2O3/c1-15-8-10-17(11-9-15)20-21(25-12-4-5-16(13-25)14-27)23(29)26(22(20)28)19-7-3-2-6-18(19)24/h2-3,6-11,16,27H,4-5,12-14H2,1H3. The first kappa shape index (κ1) is 19.3. The molecule has 0 radical (unpaired) electrons. The van der Waals surface area contributed by atoms with E-state index < -0.39 is 17.6 Å². The minimum absolute atomic E-state index is 0.0306. The van der Waals surface area contributed by atoms with Crippen molar-refractivity contribution in [3.8, 4) is 0 Å². The molecule has 150 valence electrons. The molecule has 0 aromatic heterocycles. The van der Waals surface area contributed by atoms with E-state index in [9.17, 15) is 19.1 Å². The molecule has 1 N–H and O–H groups in total. The average molecular weight is 394 g/mol. The van der Waals surface area contributed by atoms with Gasteiger partial charge in [-0.05, 0) is 43.4 Å². The lowest BCUT2D eigenvalue weighted by atomic mass is 9.96. The first-order chi connectivity index (χ1) is 14.0. The molecule has 6 heteroatoms. The Morgan fingerprint density at radius 1 is 1.07 bits per heavy atom. The molecule has 2 aromatic carbocycles.